The minimum Gasteiger partial charge on any atom is -0.502 e. The molecule has 0 bridgehead atoms. The molecule has 0 aliphatic rings. The molecule has 0 atom stereocenters. The number of nitro benzene ring substituents is 1. The fraction of sp³-hybridized carbons (Fsp3) is 0. The van der Waals surface area contributed by atoms with Gasteiger partial charge in [-0.25, -0.2) is 0 Å². The Morgan fingerprint density at radius 2 is 1.95 bits per heavy atom. The van der Waals surface area contributed by atoms with Crippen LogP contribution < -0.4 is 5.73 Å². The third kappa shape index (κ3) is 3.39. The number of halogens is 1. The molecule has 0 saturated carbocycles. The van der Waals surface area contributed by atoms with Gasteiger partial charge in [-0.05, 0) is 30.3 Å². The Labute approximate surface area is 129 Å². The van der Waals surface area contributed by atoms with Crippen molar-refractivity contribution in [3.05, 3.63) is 62.7 Å². The average molecular weight is 320 g/mol. The fourth-order valence-electron chi connectivity index (χ4n) is 1.70. The number of hydrogen-bond donors (Lipinski definition) is 2. The number of rotatable bonds is 4. The average Bonchev–Trinajstić information content (AvgIpc) is 2.47. The maximum Gasteiger partial charge on any atom is 0.312 e. The van der Waals surface area contributed by atoms with Crippen LogP contribution in [0.4, 0.5) is 11.4 Å². The van der Waals surface area contributed by atoms with Gasteiger partial charge in [0.05, 0.1) is 10.6 Å². The number of nitrogens with two attached hydrogens (primary N) is 1. The van der Waals surface area contributed by atoms with E-state index in [1.165, 1.54) is 24.4 Å². The molecule has 0 saturated heterocycles. The molecule has 22 heavy (non-hydrogen) atoms. The quantitative estimate of drug-likeness (QED) is 0.511. The molecule has 112 valence electrons. The van der Waals surface area contributed by atoms with E-state index in [-0.39, 0.29) is 10.6 Å². The van der Waals surface area contributed by atoms with Crippen LogP contribution in [0.15, 0.2) is 41.4 Å². The topological polar surface area (TPSA) is 119 Å². The maximum absolute atomic E-state index is 10.9. The van der Waals surface area contributed by atoms with Crippen LogP contribution in [0.3, 0.4) is 0 Å². The number of hydrogen-bond acceptors (Lipinski definition) is 5. The van der Waals surface area contributed by atoms with Crippen molar-refractivity contribution in [1.29, 1.82) is 0 Å². The van der Waals surface area contributed by atoms with Crippen LogP contribution >= 0.6 is 11.6 Å². The summed E-state index contributed by atoms with van der Waals surface area (Å²) >= 11 is 5.77. The molecule has 0 unspecified atom stereocenters. The van der Waals surface area contributed by atoms with Crippen LogP contribution in [-0.4, -0.2) is 22.2 Å². The third-order valence-corrected chi connectivity index (χ3v) is 3.00. The van der Waals surface area contributed by atoms with Gasteiger partial charge in [-0.1, -0.05) is 11.6 Å². The number of primary amides is 1. The van der Waals surface area contributed by atoms with Crippen molar-refractivity contribution in [1.82, 2.24) is 0 Å². The Morgan fingerprint density at radius 3 is 2.50 bits per heavy atom. The zero-order chi connectivity index (χ0) is 16.3. The summed E-state index contributed by atoms with van der Waals surface area (Å²) < 4.78 is 0. The molecule has 0 aromatic heterocycles. The van der Waals surface area contributed by atoms with E-state index < -0.39 is 22.3 Å². The number of phenolic OH excluding ortho intramolecular Hbond substituents is 1. The lowest BCUT2D eigenvalue weighted by Crippen LogP contribution is -2.10. The van der Waals surface area contributed by atoms with Gasteiger partial charge in [0.15, 0.2) is 0 Å². The van der Waals surface area contributed by atoms with E-state index in [0.717, 1.165) is 6.07 Å². The van der Waals surface area contributed by atoms with E-state index in [9.17, 15) is 20.0 Å². The van der Waals surface area contributed by atoms with E-state index in [2.05, 4.69) is 4.99 Å². The van der Waals surface area contributed by atoms with E-state index in [0.29, 0.717) is 11.3 Å². The second-order valence-electron chi connectivity index (χ2n) is 4.29. The predicted octanol–water partition coefficient (Wildman–Crippen LogP) is 2.80. The van der Waals surface area contributed by atoms with Crippen molar-refractivity contribution in [2.75, 3.05) is 0 Å². The fourth-order valence-corrected chi connectivity index (χ4v) is 1.92. The lowest BCUT2D eigenvalue weighted by molar-refractivity contribution is -0.385. The van der Waals surface area contributed by atoms with Crippen LogP contribution in [0.1, 0.15) is 15.9 Å². The Balaban J connectivity index is 2.34. The summed E-state index contributed by atoms with van der Waals surface area (Å²) in [7, 11) is 0. The molecule has 0 fully saturated rings. The first kappa shape index (κ1) is 15.5. The standard InChI is InChI=1S/C14H10ClN3O4/c15-10-5-9(13(19)12(6-10)18(21)22)7-17-11-3-1-8(2-4-11)14(16)20/h1-7,19H,(H2,16,20). The third-order valence-electron chi connectivity index (χ3n) is 2.79. The van der Waals surface area contributed by atoms with Crippen molar-refractivity contribution in [3.63, 3.8) is 0 Å². The molecular formula is C14H10ClN3O4. The van der Waals surface area contributed by atoms with Gasteiger partial charge in [0, 0.05) is 28.4 Å². The number of carbonyl (C=O) groups is 1. The van der Waals surface area contributed by atoms with E-state index in [1.807, 2.05) is 0 Å². The Kier molecular flexibility index (Phi) is 4.38. The van der Waals surface area contributed by atoms with Crippen molar-refractivity contribution < 1.29 is 14.8 Å². The molecule has 2 rings (SSSR count). The highest BCUT2D eigenvalue weighted by Gasteiger charge is 2.17. The summed E-state index contributed by atoms with van der Waals surface area (Å²) in [5.74, 6) is -1.08. The summed E-state index contributed by atoms with van der Waals surface area (Å²) in [6.07, 6.45) is 1.24. The second-order valence-corrected chi connectivity index (χ2v) is 4.73. The van der Waals surface area contributed by atoms with Gasteiger partial charge in [0.25, 0.3) is 0 Å². The van der Waals surface area contributed by atoms with Gasteiger partial charge in [0.1, 0.15) is 0 Å². The first-order valence-electron chi connectivity index (χ1n) is 5.99. The molecule has 0 heterocycles. The first-order chi connectivity index (χ1) is 10.4. The molecule has 0 aliphatic carbocycles. The highest BCUT2D eigenvalue weighted by Crippen LogP contribution is 2.32. The van der Waals surface area contributed by atoms with Crippen LogP contribution in [0.2, 0.25) is 5.02 Å². The summed E-state index contributed by atoms with van der Waals surface area (Å²) in [4.78, 5) is 25.1. The summed E-state index contributed by atoms with van der Waals surface area (Å²) in [5, 5.41) is 20.7. The number of nitro groups is 1. The molecule has 0 radical (unpaired) electrons. The van der Waals surface area contributed by atoms with E-state index in [1.54, 1.807) is 12.1 Å². The molecule has 3 N–H and O–H groups in total. The molecular weight excluding hydrogens is 310 g/mol. The molecule has 0 aliphatic heterocycles. The highest BCUT2D eigenvalue weighted by molar-refractivity contribution is 6.31. The van der Waals surface area contributed by atoms with Gasteiger partial charge in [-0.15, -0.1) is 0 Å². The first-order valence-corrected chi connectivity index (χ1v) is 6.37. The maximum atomic E-state index is 10.9. The zero-order valence-corrected chi connectivity index (χ0v) is 11.8. The normalized spacial score (nSPS) is 10.8. The van der Waals surface area contributed by atoms with Gasteiger partial charge < -0.3 is 10.8 Å². The highest BCUT2D eigenvalue weighted by atomic mass is 35.5. The predicted molar refractivity (Wildman–Crippen MR) is 82.0 cm³/mol. The molecule has 8 heteroatoms. The van der Waals surface area contributed by atoms with Crippen molar-refractivity contribution in [2.24, 2.45) is 10.7 Å². The van der Waals surface area contributed by atoms with Crippen LogP contribution in [0.25, 0.3) is 0 Å². The Hall–Kier alpha value is -2.93. The smallest absolute Gasteiger partial charge is 0.312 e. The number of amides is 1. The molecule has 7 nitrogen and oxygen atoms in total. The Morgan fingerprint density at radius 1 is 1.32 bits per heavy atom. The lowest BCUT2D eigenvalue weighted by Gasteiger charge is -2.01. The summed E-state index contributed by atoms with van der Waals surface area (Å²) in [6.45, 7) is 0. The minimum atomic E-state index is -0.736. The van der Waals surface area contributed by atoms with E-state index >= 15 is 0 Å². The lowest BCUT2D eigenvalue weighted by atomic mass is 10.2. The Bertz CT molecular complexity index is 772. The number of aromatic hydroxyl groups is 1. The number of nitrogens with zero attached hydrogens (tertiary/aromatic N) is 2. The molecule has 2 aromatic rings. The molecule has 0 spiro atoms. The molecule has 1 amide bonds. The van der Waals surface area contributed by atoms with Crippen LogP contribution in [0, 0.1) is 10.1 Å². The van der Waals surface area contributed by atoms with Gasteiger partial charge in [-0.3, -0.25) is 19.9 Å². The summed E-state index contributed by atoms with van der Waals surface area (Å²) in [5.41, 5.74) is 5.54. The number of aliphatic imine (C=N–C) groups is 1. The largest absolute Gasteiger partial charge is 0.502 e. The summed E-state index contributed by atoms with van der Waals surface area (Å²) in [6, 6.07) is 8.49. The van der Waals surface area contributed by atoms with Gasteiger partial charge in [0.2, 0.25) is 11.7 Å². The van der Waals surface area contributed by atoms with Crippen molar-refractivity contribution >= 4 is 35.1 Å². The minimum absolute atomic E-state index is 0.107. The van der Waals surface area contributed by atoms with Gasteiger partial charge in [-0.2, -0.15) is 0 Å². The van der Waals surface area contributed by atoms with Crippen LogP contribution in [0.5, 0.6) is 5.75 Å². The second kappa shape index (κ2) is 6.23. The SMILES string of the molecule is NC(=O)c1ccc(N=Cc2cc(Cl)cc([N+](=O)[O-])c2O)cc1. The number of benzene rings is 2. The van der Waals surface area contributed by atoms with E-state index in [4.69, 9.17) is 17.3 Å². The van der Waals surface area contributed by atoms with Crippen molar-refractivity contribution in [3.8, 4) is 5.75 Å². The molecule has 2 aromatic carbocycles. The van der Waals surface area contributed by atoms with Crippen LogP contribution in [-0.2, 0) is 0 Å². The number of carbonyl (C=O) groups excluding carboxylic acids is 1. The zero-order valence-electron chi connectivity index (χ0n) is 11.1. The monoisotopic (exact) mass is 319 g/mol. The van der Waals surface area contributed by atoms with Crippen molar-refractivity contribution in [2.45, 2.75) is 0 Å². The van der Waals surface area contributed by atoms with Gasteiger partial charge >= 0.3 is 5.69 Å². The number of phenols is 1.